The first-order valence-electron chi connectivity index (χ1n) is 6.17. The van der Waals surface area contributed by atoms with Crippen LogP contribution in [0.2, 0.25) is 5.02 Å². The number of fused-ring (bicyclic) bond motifs is 1. The number of hydrogen-bond acceptors (Lipinski definition) is 2. The largest absolute Gasteiger partial charge is 0.325 e. The van der Waals surface area contributed by atoms with E-state index in [2.05, 4.69) is 11.2 Å². The zero-order chi connectivity index (χ0) is 13.2. The maximum atomic E-state index is 6.20. The van der Waals surface area contributed by atoms with Crippen molar-refractivity contribution in [1.82, 2.24) is 9.78 Å². The molecule has 0 bridgehead atoms. The fourth-order valence-corrected chi connectivity index (χ4v) is 2.45. The zero-order valence-electron chi connectivity index (χ0n) is 10.4. The van der Waals surface area contributed by atoms with Crippen molar-refractivity contribution in [2.75, 3.05) is 0 Å². The molecule has 0 aliphatic heterocycles. The van der Waals surface area contributed by atoms with E-state index in [1.54, 1.807) is 0 Å². The van der Waals surface area contributed by atoms with Crippen molar-refractivity contribution < 1.29 is 0 Å². The van der Waals surface area contributed by atoms with Crippen molar-refractivity contribution in [3.05, 3.63) is 64.8 Å². The molecule has 3 rings (SSSR count). The second-order valence-electron chi connectivity index (χ2n) is 4.42. The number of nitrogens with two attached hydrogens (primary N) is 1. The van der Waals surface area contributed by atoms with Gasteiger partial charge in [0.25, 0.3) is 0 Å². The molecule has 0 radical (unpaired) electrons. The Balaban J connectivity index is 2.09. The Labute approximate surface area is 116 Å². The molecular weight excluding hydrogens is 258 g/mol. The van der Waals surface area contributed by atoms with Gasteiger partial charge in [-0.3, -0.25) is 4.68 Å². The highest BCUT2D eigenvalue weighted by molar-refractivity contribution is 6.31. The number of aromatic nitrogens is 2. The average molecular weight is 272 g/mol. The summed E-state index contributed by atoms with van der Waals surface area (Å²) >= 11 is 6.20. The van der Waals surface area contributed by atoms with E-state index in [1.165, 1.54) is 0 Å². The highest BCUT2D eigenvalue weighted by Crippen LogP contribution is 2.21. The first-order chi connectivity index (χ1) is 9.29. The van der Waals surface area contributed by atoms with Gasteiger partial charge < -0.3 is 5.73 Å². The maximum Gasteiger partial charge on any atom is 0.0839 e. The van der Waals surface area contributed by atoms with Gasteiger partial charge in [-0.15, -0.1) is 0 Å². The fraction of sp³-hybridized carbons (Fsp3) is 0.133. The summed E-state index contributed by atoms with van der Waals surface area (Å²) in [6.45, 7) is 1.09. The Morgan fingerprint density at radius 3 is 2.58 bits per heavy atom. The molecule has 0 aliphatic rings. The lowest BCUT2D eigenvalue weighted by Gasteiger charge is -2.05. The van der Waals surface area contributed by atoms with Crippen LogP contribution < -0.4 is 5.73 Å². The molecule has 2 N–H and O–H groups in total. The second kappa shape index (κ2) is 5.03. The third-order valence-electron chi connectivity index (χ3n) is 3.21. The Hall–Kier alpha value is -1.84. The topological polar surface area (TPSA) is 43.8 Å². The number of hydrogen-bond donors (Lipinski definition) is 1. The Morgan fingerprint density at radius 2 is 1.79 bits per heavy atom. The first-order valence-corrected chi connectivity index (χ1v) is 6.55. The first kappa shape index (κ1) is 12.2. The molecule has 1 heterocycles. The Bertz CT molecular complexity index is 718. The van der Waals surface area contributed by atoms with Gasteiger partial charge in [-0.1, -0.05) is 48.0 Å². The third-order valence-corrected chi connectivity index (χ3v) is 3.57. The van der Waals surface area contributed by atoms with Crippen molar-refractivity contribution >= 4 is 22.5 Å². The molecule has 3 aromatic rings. The molecule has 19 heavy (non-hydrogen) atoms. The number of para-hydroxylation sites is 1. The van der Waals surface area contributed by atoms with E-state index in [9.17, 15) is 0 Å². The highest BCUT2D eigenvalue weighted by Gasteiger charge is 2.09. The van der Waals surface area contributed by atoms with E-state index in [1.807, 2.05) is 47.1 Å². The summed E-state index contributed by atoms with van der Waals surface area (Å²) in [4.78, 5) is 0. The van der Waals surface area contributed by atoms with Crippen LogP contribution in [0, 0.1) is 0 Å². The minimum absolute atomic E-state index is 0.441. The van der Waals surface area contributed by atoms with E-state index in [0.717, 1.165) is 27.2 Å². The summed E-state index contributed by atoms with van der Waals surface area (Å²) in [6.07, 6.45) is 0. The fourth-order valence-electron chi connectivity index (χ4n) is 2.26. The zero-order valence-corrected chi connectivity index (χ0v) is 11.1. The van der Waals surface area contributed by atoms with Crippen molar-refractivity contribution in [2.24, 2.45) is 5.73 Å². The minimum Gasteiger partial charge on any atom is -0.325 e. The normalized spacial score (nSPS) is 11.1. The summed E-state index contributed by atoms with van der Waals surface area (Å²) in [5.41, 5.74) is 8.81. The SMILES string of the molecule is NCc1nn(Cc2ccccc2Cl)c2ccccc12. The van der Waals surface area contributed by atoms with Gasteiger partial charge in [0.1, 0.15) is 0 Å². The van der Waals surface area contributed by atoms with E-state index >= 15 is 0 Å². The third kappa shape index (κ3) is 2.23. The van der Waals surface area contributed by atoms with Gasteiger partial charge in [-0.25, -0.2) is 0 Å². The van der Waals surface area contributed by atoms with Crippen molar-refractivity contribution in [1.29, 1.82) is 0 Å². The van der Waals surface area contributed by atoms with Crippen LogP contribution in [-0.4, -0.2) is 9.78 Å². The van der Waals surface area contributed by atoms with Crippen LogP contribution in [0.3, 0.4) is 0 Å². The van der Waals surface area contributed by atoms with Crippen molar-refractivity contribution in [3.63, 3.8) is 0 Å². The molecule has 4 heteroatoms. The lowest BCUT2D eigenvalue weighted by Crippen LogP contribution is -2.04. The van der Waals surface area contributed by atoms with Crippen LogP contribution in [0.15, 0.2) is 48.5 Å². The second-order valence-corrected chi connectivity index (χ2v) is 4.82. The quantitative estimate of drug-likeness (QED) is 0.795. The Morgan fingerprint density at radius 1 is 1.05 bits per heavy atom. The van der Waals surface area contributed by atoms with Crippen LogP contribution in [0.5, 0.6) is 0 Å². The molecule has 0 amide bonds. The van der Waals surface area contributed by atoms with Gasteiger partial charge in [0.15, 0.2) is 0 Å². The molecule has 0 unspecified atom stereocenters. The summed E-state index contributed by atoms with van der Waals surface area (Å²) in [5.74, 6) is 0. The molecule has 0 aliphatic carbocycles. The molecule has 1 aromatic heterocycles. The predicted molar refractivity (Wildman–Crippen MR) is 78.2 cm³/mol. The summed E-state index contributed by atoms with van der Waals surface area (Å²) in [6, 6.07) is 15.9. The van der Waals surface area contributed by atoms with E-state index in [-0.39, 0.29) is 0 Å². The standard InChI is InChI=1S/C15H14ClN3/c16-13-7-3-1-5-11(13)10-19-15-8-4-2-6-12(15)14(9-17)18-19/h1-8H,9-10,17H2. The van der Waals surface area contributed by atoms with Gasteiger partial charge in [-0.2, -0.15) is 5.10 Å². The van der Waals surface area contributed by atoms with E-state index in [4.69, 9.17) is 17.3 Å². The Kier molecular flexibility index (Phi) is 3.23. The molecule has 0 spiro atoms. The van der Waals surface area contributed by atoms with E-state index in [0.29, 0.717) is 13.1 Å². The van der Waals surface area contributed by atoms with Crippen LogP contribution >= 0.6 is 11.6 Å². The average Bonchev–Trinajstić information content (AvgIpc) is 2.80. The number of benzene rings is 2. The molecule has 0 saturated heterocycles. The van der Waals surface area contributed by atoms with Crippen LogP contribution in [-0.2, 0) is 13.1 Å². The van der Waals surface area contributed by atoms with Crippen LogP contribution in [0.1, 0.15) is 11.3 Å². The van der Waals surface area contributed by atoms with Crippen molar-refractivity contribution in [3.8, 4) is 0 Å². The monoisotopic (exact) mass is 271 g/mol. The molecule has 0 fully saturated rings. The molecule has 2 aromatic carbocycles. The molecule has 0 atom stereocenters. The predicted octanol–water partition coefficient (Wildman–Crippen LogP) is 3.20. The van der Waals surface area contributed by atoms with Gasteiger partial charge in [0, 0.05) is 17.0 Å². The molecule has 96 valence electrons. The maximum absolute atomic E-state index is 6.20. The summed E-state index contributed by atoms with van der Waals surface area (Å²) in [7, 11) is 0. The molecule has 0 saturated carbocycles. The van der Waals surface area contributed by atoms with Crippen LogP contribution in [0.25, 0.3) is 10.9 Å². The molecule has 3 nitrogen and oxygen atoms in total. The summed E-state index contributed by atoms with van der Waals surface area (Å²) < 4.78 is 1.96. The van der Waals surface area contributed by atoms with E-state index < -0.39 is 0 Å². The molecular formula is C15H14ClN3. The van der Waals surface area contributed by atoms with Gasteiger partial charge in [0.2, 0.25) is 0 Å². The number of rotatable bonds is 3. The highest BCUT2D eigenvalue weighted by atomic mass is 35.5. The minimum atomic E-state index is 0.441. The lowest BCUT2D eigenvalue weighted by molar-refractivity contribution is 0.694. The van der Waals surface area contributed by atoms with Crippen LogP contribution in [0.4, 0.5) is 0 Å². The van der Waals surface area contributed by atoms with Gasteiger partial charge in [0.05, 0.1) is 17.8 Å². The van der Waals surface area contributed by atoms with Gasteiger partial charge >= 0.3 is 0 Å². The smallest absolute Gasteiger partial charge is 0.0839 e. The summed E-state index contributed by atoms with van der Waals surface area (Å²) in [5, 5.41) is 6.45. The number of halogens is 1. The lowest BCUT2D eigenvalue weighted by atomic mass is 10.2. The van der Waals surface area contributed by atoms with Crippen molar-refractivity contribution in [2.45, 2.75) is 13.1 Å². The number of nitrogens with zero attached hydrogens (tertiary/aromatic N) is 2. The van der Waals surface area contributed by atoms with Gasteiger partial charge in [-0.05, 0) is 17.7 Å².